The molecule has 64 valence electrons. The second kappa shape index (κ2) is 3.18. The lowest BCUT2D eigenvalue weighted by Crippen LogP contribution is -2.21. The van der Waals surface area contributed by atoms with Gasteiger partial charge in [-0.15, -0.1) is 0 Å². The standard InChI is InChI=1S/C11H14O/c1-2-10-8-7-9-5-3-4-6-11(9)12-10/h3-6,10H,2,7-8H2,1H3. The second-order valence-electron chi connectivity index (χ2n) is 3.29. The van der Waals surface area contributed by atoms with E-state index >= 15 is 0 Å². The largest absolute Gasteiger partial charge is 0.490 e. The van der Waals surface area contributed by atoms with Gasteiger partial charge in [-0.25, -0.2) is 0 Å². The molecule has 0 N–H and O–H groups in total. The van der Waals surface area contributed by atoms with Crippen molar-refractivity contribution in [2.24, 2.45) is 0 Å². The van der Waals surface area contributed by atoms with Crippen LogP contribution in [-0.4, -0.2) is 6.10 Å². The normalized spacial score (nSPS) is 21.2. The molecule has 1 nitrogen and oxygen atoms in total. The summed E-state index contributed by atoms with van der Waals surface area (Å²) in [6, 6.07) is 8.34. The van der Waals surface area contributed by atoms with Crippen molar-refractivity contribution >= 4 is 0 Å². The third-order valence-electron chi connectivity index (χ3n) is 2.46. The zero-order chi connectivity index (χ0) is 8.39. The van der Waals surface area contributed by atoms with Crippen LogP contribution in [0, 0.1) is 0 Å². The summed E-state index contributed by atoms with van der Waals surface area (Å²) in [7, 11) is 0. The molecule has 0 saturated heterocycles. The highest BCUT2D eigenvalue weighted by Crippen LogP contribution is 2.27. The first-order valence-corrected chi connectivity index (χ1v) is 4.64. The molecule has 1 aromatic carbocycles. The third-order valence-corrected chi connectivity index (χ3v) is 2.46. The van der Waals surface area contributed by atoms with Gasteiger partial charge in [-0.3, -0.25) is 0 Å². The minimum absolute atomic E-state index is 0.444. The Morgan fingerprint density at radius 2 is 2.25 bits per heavy atom. The summed E-state index contributed by atoms with van der Waals surface area (Å²) < 4.78 is 5.78. The number of para-hydroxylation sites is 1. The van der Waals surface area contributed by atoms with Gasteiger partial charge in [0.2, 0.25) is 0 Å². The van der Waals surface area contributed by atoms with E-state index in [4.69, 9.17) is 4.74 Å². The highest BCUT2D eigenvalue weighted by molar-refractivity contribution is 5.34. The predicted octanol–water partition coefficient (Wildman–Crippen LogP) is 2.79. The van der Waals surface area contributed by atoms with Gasteiger partial charge in [-0.2, -0.15) is 0 Å². The van der Waals surface area contributed by atoms with Crippen molar-refractivity contribution in [3.05, 3.63) is 29.8 Å². The molecular formula is C11H14O. The maximum atomic E-state index is 5.78. The summed E-state index contributed by atoms with van der Waals surface area (Å²) in [6.07, 6.45) is 3.91. The smallest absolute Gasteiger partial charge is 0.122 e. The van der Waals surface area contributed by atoms with E-state index in [1.807, 2.05) is 6.07 Å². The lowest BCUT2D eigenvalue weighted by atomic mass is 10.0. The SMILES string of the molecule is CCC1CCc2ccccc2O1. The number of fused-ring (bicyclic) bond motifs is 1. The Kier molecular flexibility index (Phi) is 2.03. The average Bonchev–Trinajstić information content (AvgIpc) is 2.17. The number of hydrogen-bond donors (Lipinski definition) is 0. The number of hydrogen-bond acceptors (Lipinski definition) is 1. The number of aryl methyl sites for hydroxylation is 1. The van der Waals surface area contributed by atoms with Crippen molar-refractivity contribution in [1.82, 2.24) is 0 Å². The van der Waals surface area contributed by atoms with Crippen LogP contribution in [0.1, 0.15) is 25.3 Å². The third kappa shape index (κ3) is 1.31. The molecule has 0 aromatic heterocycles. The lowest BCUT2D eigenvalue weighted by Gasteiger charge is -2.24. The van der Waals surface area contributed by atoms with Gasteiger partial charge >= 0.3 is 0 Å². The molecule has 0 radical (unpaired) electrons. The van der Waals surface area contributed by atoms with Crippen LogP contribution in [0.25, 0.3) is 0 Å². The van der Waals surface area contributed by atoms with Gasteiger partial charge in [0.25, 0.3) is 0 Å². The summed E-state index contributed by atoms with van der Waals surface area (Å²) in [4.78, 5) is 0. The van der Waals surface area contributed by atoms with E-state index in [2.05, 4.69) is 25.1 Å². The summed E-state index contributed by atoms with van der Waals surface area (Å²) in [5.74, 6) is 1.09. The second-order valence-corrected chi connectivity index (χ2v) is 3.29. The Morgan fingerprint density at radius 1 is 1.42 bits per heavy atom. The Bertz CT molecular complexity index is 267. The van der Waals surface area contributed by atoms with E-state index in [-0.39, 0.29) is 0 Å². The Balaban J connectivity index is 2.23. The minimum Gasteiger partial charge on any atom is -0.490 e. The molecule has 2 rings (SSSR count). The molecule has 0 fully saturated rings. The Hall–Kier alpha value is -0.980. The van der Waals surface area contributed by atoms with Gasteiger partial charge in [0.15, 0.2) is 0 Å². The Labute approximate surface area is 73.4 Å². The zero-order valence-electron chi connectivity index (χ0n) is 7.42. The molecule has 1 heterocycles. The fourth-order valence-corrected chi connectivity index (χ4v) is 1.67. The van der Waals surface area contributed by atoms with Gasteiger partial charge in [0.1, 0.15) is 5.75 Å². The predicted molar refractivity (Wildman–Crippen MR) is 49.5 cm³/mol. The van der Waals surface area contributed by atoms with Crippen LogP contribution in [-0.2, 0) is 6.42 Å². The maximum absolute atomic E-state index is 5.78. The van der Waals surface area contributed by atoms with E-state index in [9.17, 15) is 0 Å². The first-order chi connectivity index (χ1) is 5.90. The van der Waals surface area contributed by atoms with E-state index < -0.39 is 0 Å². The summed E-state index contributed by atoms with van der Waals surface area (Å²) in [5.41, 5.74) is 1.36. The molecular weight excluding hydrogens is 148 g/mol. The monoisotopic (exact) mass is 162 g/mol. The van der Waals surface area contributed by atoms with Crippen LogP contribution < -0.4 is 4.74 Å². The maximum Gasteiger partial charge on any atom is 0.122 e. The lowest BCUT2D eigenvalue weighted by molar-refractivity contribution is 0.169. The molecule has 0 spiro atoms. The number of benzene rings is 1. The molecule has 1 unspecified atom stereocenters. The fraction of sp³-hybridized carbons (Fsp3) is 0.455. The molecule has 1 aromatic rings. The van der Waals surface area contributed by atoms with Gasteiger partial charge in [0.05, 0.1) is 6.10 Å². The average molecular weight is 162 g/mol. The fourth-order valence-electron chi connectivity index (χ4n) is 1.67. The van der Waals surface area contributed by atoms with Gasteiger partial charge in [-0.05, 0) is 30.9 Å². The number of rotatable bonds is 1. The molecule has 1 aliphatic heterocycles. The molecule has 1 aliphatic rings. The summed E-state index contributed by atoms with van der Waals surface area (Å²) >= 11 is 0. The van der Waals surface area contributed by atoms with Crippen molar-refractivity contribution in [2.75, 3.05) is 0 Å². The molecule has 0 aliphatic carbocycles. The van der Waals surface area contributed by atoms with Gasteiger partial charge < -0.3 is 4.74 Å². The van der Waals surface area contributed by atoms with Crippen LogP contribution in [0.5, 0.6) is 5.75 Å². The molecule has 1 heteroatoms. The first kappa shape index (κ1) is 7.66. The van der Waals surface area contributed by atoms with E-state index in [1.54, 1.807) is 0 Å². The van der Waals surface area contributed by atoms with Gasteiger partial charge in [-0.1, -0.05) is 25.1 Å². The van der Waals surface area contributed by atoms with E-state index in [0.29, 0.717) is 6.10 Å². The minimum atomic E-state index is 0.444. The molecule has 0 bridgehead atoms. The molecule has 0 amide bonds. The topological polar surface area (TPSA) is 9.23 Å². The van der Waals surface area contributed by atoms with E-state index in [1.165, 1.54) is 18.4 Å². The van der Waals surface area contributed by atoms with Crippen molar-refractivity contribution in [1.29, 1.82) is 0 Å². The first-order valence-electron chi connectivity index (χ1n) is 4.64. The van der Waals surface area contributed by atoms with Crippen LogP contribution in [0.3, 0.4) is 0 Å². The Morgan fingerprint density at radius 3 is 3.08 bits per heavy atom. The van der Waals surface area contributed by atoms with Crippen molar-refractivity contribution in [2.45, 2.75) is 32.3 Å². The van der Waals surface area contributed by atoms with Crippen LogP contribution in [0.15, 0.2) is 24.3 Å². The van der Waals surface area contributed by atoms with Crippen molar-refractivity contribution < 1.29 is 4.74 Å². The summed E-state index contributed by atoms with van der Waals surface area (Å²) in [5, 5.41) is 0. The zero-order valence-corrected chi connectivity index (χ0v) is 7.42. The molecule has 12 heavy (non-hydrogen) atoms. The summed E-state index contributed by atoms with van der Waals surface area (Å²) in [6.45, 7) is 2.18. The van der Waals surface area contributed by atoms with Crippen molar-refractivity contribution in [3.8, 4) is 5.75 Å². The van der Waals surface area contributed by atoms with Gasteiger partial charge in [0, 0.05) is 0 Å². The molecule has 1 atom stereocenters. The molecule has 0 saturated carbocycles. The number of ether oxygens (including phenoxy) is 1. The van der Waals surface area contributed by atoms with Crippen LogP contribution in [0.2, 0.25) is 0 Å². The highest BCUT2D eigenvalue weighted by Gasteiger charge is 2.16. The quantitative estimate of drug-likeness (QED) is 0.617. The highest BCUT2D eigenvalue weighted by atomic mass is 16.5. The van der Waals surface area contributed by atoms with Crippen LogP contribution in [0.4, 0.5) is 0 Å². The van der Waals surface area contributed by atoms with Crippen LogP contribution >= 0.6 is 0 Å². The van der Waals surface area contributed by atoms with Crippen molar-refractivity contribution in [3.63, 3.8) is 0 Å². The van der Waals surface area contributed by atoms with E-state index in [0.717, 1.165) is 12.2 Å².